The van der Waals surface area contributed by atoms with Gasteiger partial charge in [-0.15, -0.1) is 12.4 Å². The van der Waals surface area contributed by atoms with E-state index >= 15 is 0 Å². The van der Waals surface area contributed by atoms with E-state index in [1.165, 1.54) is 29.5 Å². The lowest BCUT2D eigenvalue weighted by atomic mass is 10.3. The number of rotatable bonds is 1. The molecular weight excluding hydrogens is 260 g/mol. The molecule has 1 heterocycles. The number of anilines is 1. The van der Waals surface area contributed by atoms with Crippen molar-refractivity contribution >= 4 is 49.2 Å². The van der Waals surface area contributed by atoms with Crippen molar-refractivity contribution in [2.24, 2.45) is 0 Å². The molecule has 15 heavy (non-hydrogen) atoms. The van der Waals surface area contributed by atoms with E-state index in [4.69, 9.17) is 10.3 Å². The van der Waals surface area contributed by atoms with Gasteiger partial charge in [0, 0.05) is 0 Å². The summed E-state index contributed by atoms with van der Waals surface area (Å²) in [6, 6.07) is 4.14. The molecule has 2 rings (SSSR count). The van der Waals surface area contributed by atoms with Crippen LogP contribution in [-0.4, -0.2) is 18.0 Å². The fraction of sp³-hybridized carbons (Fsp3) is 0. The van der Waals surface area contributed by atoms with Crippen LogP contribution in [0.25, 0.3) is 10.2 Å². The molecule has 1 aromatic carbocycles. The van der Waals surface area contributed by atoms with E-state index in [0.29, 0.717) is 15.3 Å². The molecule has 0 saturated heterocycles. The number of aromatic nitrogens is 1. The van der Waals surface area contributed by atoms with Gasteiger partial charge in [-0.1, -0.05) is 11.3 Å². The van der Waals surface area contributed by atoms with Crippen molar-refractivity contribution in [3.05, 3.63) is 18.2 Å². The van der Waals surface area contributed by atoms with Crippen LogP contribution in [0.15, 0.2) is 23.1 Å². The summed E-state index contributed by atoms with van der Waals surface area (Å²) in [6.45, 7) is 0. The topological polar surface area (TPSA) is 93.3 Å². The molecular formula is C7H7ClN2O3S2. The zero-order valence-corrected chi connectivity index (χ0v) is 9.69. The average molecular weight is 267 g/mol. The van der Waals surface area contributed by atoms with Gasteiger partial charge >= 0.3 is 0 Å². The number of benzene rings is 1. The minimum Gasteiger partial charge on any atom is -0.375 e. The van der Waals surface area contributed by atoms with E-state index in [1.807, 2.05) is 0 Å². The van der Waals surface area contributed by atoms with Gasteiger partial charge in [-0.05, 0) is 18.2 Å². The fourth-order valence-electron chi connectivity index (χ4n) is 1.08. The van der Waals surface area contributed by atoms with Crippen LogP contribution in [-0.2, 0) is 10.1 Å². The van der Waals surface area contributed by atoms with Crippen LogP contribution in [0.4, 0.5) is 5.13 Å². The van der Waals surface area contributed by atoms with Crippen LogP contribution < -0.4 is 5.73 Å². The minimum atomic E-state index is -4.15. The highest BCUT2D eigenvalue weighted by molar-refractivity contribution is 7.85. The highest BCUT2D eigenvalue weighted by atomic mass is 35.5. The van der Waals surface area contributed by atoms with Crippen molar-refractivity contribution in [3.63, 3.8) is 0 Å². The second-order valence-corrected chi connectivity index (χ2v) is 5.14. The molecule has 0 aliphatic rings. The third-order valence-corrected chi connectivity index (χ3v) is 3.37. The fourth-order valence-corrected chi connectivity index (χ4v) is 2.44. The molecule has 0 amide bonds. The summed E-state index contributed by atoms with van der Waals surface area (Å²) in [6.07, 6.45) is 0. The van der Waals surface area contributed by atoms with Gasteiger partial charge in [0.2, 0.25) is 0 Å². The van der Waals surface area contributed by atoms with E-state index < -0.39 is 10.1 Å². The Hall–Kier alpha value is -0.890. The van der Waals surface area contributed by atoms with E-state index in [2.05, 4.69) is 4.98 Å². The molecule has 5 nitrogen and oxygen atoms in total. The Labute approximate surface area is 96.1 Å². The van der Waals surface area contributed by atoms with Gasteiger partial charge in [0.1, 0.15) is 0 Å². The molecule has 1 aromatic heterocycles. The average Bonchev–Trinajstić information content (AvgIpc) is 2.41. The standard InChI is InChI=1S/C7H6N2O3S2.ClH/c8-7-9-5-2-1-4(14(10,11)12)3-6(5)13-7;/h1-3H,(H2,8,9)(H,10,11,12);1H. The van der Waals surface area contributed by atoms with Gasteiger partial charge in [0.05, 0.1) is 15.1 Å². The summed E-state index contributed by atoms with van der Waals surface area (Å²) in [7, 11) is -4.15. The van der Waals surface area contributed by atoms with Crippen molar-refractivity contribution < 1.29 is 13.0 Å². The summed E-state index contributed by atoms with van der Waals surface area (Å²) in [5.41, 5.74) is 6.07. The Morgan fingerprint density at radius 3 is 2.67 bits per heavy atom. The highest BCUT2D eigenvalue weighted by Crippen LogP contribution is 2.25. The first-order chi connectivity index (χ1) is 6.47. The quantitative estimate of drug-likeness (QED) is 0.764. The third kappa shape index (κ3) is 2.37. The Morgan fingerprint density at radius 1 is 1.40 bits per heavy atom. The first-order valence-electron chi connectivity index (χ1n) is 3.60. The van der Waals surface area contributed by atoms with Crippen molar-refractivity contribution in [2.45, 2.75) is 4.90 Å². The first-order valence-corrected chi connectivity index (χ1v) is 5.86. The van der Waals surface area contributed by atoms with Crippen LogP contribution in [0.1, 0.15) is 0 Å². The maximum atomic E-state index is 10.8. The zero-order valence-electron chi connectivity index (χ0n) is 7.25. The SMILES string of the molecule is Cl.Nc1nc2ccc(S(=O)(=O)O)cc2s1. The summed E-state index contributed by atoms with van der Waals surface area (Å²) < 4.78 is 31.0. The Morgan fingerprint density at radius 2 is 2.07 bits per heavy atom. The molecule has 0 spiro atoms. The molecule has 0 saturated carbocycles. The molecule has 0 unspecified atom stereocenters. The Balaban J connectivity index is 0.00000112. The van der Waals surface area contributed by atoms with Crippen molar-refractivity contribution in [1.82, 2.24) is 4.98 Å². The normalized spacial score (nSPS) is 11.3. The third-order valence-electron chi connectivity index (χ3n) is 1.67. The van der Waals surface area contributed by atoms with Gasteiger partial charge in [-0.25, -0.2) is 4.98 Å². The van der Waals surface area contributed by atoms with Gasteiger partial charge < -0.3 is 5.73 Å². The summed E-state index contributed by atoms with van der Waals surface area (Å²) in [5, 5.41) is 0.368. The van der Waals surface area contributed by atoms with Gasteiger partial charge in [0.15, 0.2) is 5.13 Å². The number of halogens is 1. The second-order valence-electron chi connectivity index (χ2n) is 2.66. The van der Waals surface area contributed by atoms with Crippen molar-refractivity contribution in [3.8, 4) is 0 Å². The second kappa shape index (κ2) is 3.93. The smallest absolute Gasteiger partial charge is 0.294 e. The van der Waals surface area contributed by atoms with Crippen LogP contribution in [0.2, 0.25) is 0 Å². The minimum absolute atomic E-state index is 0. The molecule has 0 aliphatic heterocycles. The largest absolute Gasteiger partial charge is 0.375 e. The molecule has 0 aliphatic carbocycles. The zero-order chi connectivity index (χ0) is 10.3. The van der Waals surface area contributed by atoms with Crippen LogP contribution >= 0.6 is 23.7 Å². The van der Waals surface area contributed by atoms with E-state index in [9.17, 15) is 8.42 Å². The predicted molar refractivity (Wildman–Crippen MR) is 61.1 cm³/mol. The van der Waals surface area contributed by atoms with Crippen molar-refractivity contribution in [2.75, 3.05) is 5.73 Å². The Kier molecular flexibility index (Phi) is 3.19. The molecule has 82 valence electrons. The predicted octanol–water partition coefficient (Wildman–Crippen LogP) is 1.55. The van der Waals surface area contributed by atoms with E-state index in [0.717, 1.165) is 0 Å². The highest BCUT2D eigenvalue weighted by Gasteiger charge is 2.11. The maximum Gasteiger partial charge on any atom is 0.294 e. The summed E-state index contributed by atoms with van der Waals surface area (Å²) in [4.78, 5) is 3.81. The number of hydrogen-bond donors (Lipinski definition) is 2. The number of thiazole rings is 1. The van der Waals surface area contributed by atoms with Gasteiger partial charge in [-0.2, -0.15) is 8.42 Å². The molecule has 3 N–H and O–H groups in total. The first kappa shape index (κ1) is 12.2. The maximum absolute atomic E-state index is 10.8. The van der Waals surface area contributed by atoms with E-state index in [1.54, 1.807) is 0 Å². The molecule has 0 bridgehead atoms. The monoisotopic (exact) mass is 266 g/mol. The number of fused-ring (bicyclic) bond motifs is 1. The van der Waals surface area contributed by atoms with Crippen molar-refractivity contribution in [1.29, 1.82) is 0 Å². The lowest BCUT2D eigenvalue weighted by Gasteiger charge is -1.94. The number of nitrogens with zero attached hydrogens (tertiary/aromatic N) is 1. The van der Waals surface area contributed by atoms with Crippen LogP contribution in [0.5, 0.6) is 0 Å². The lowest BCUT2D eigenvalue weighted by molar-refractivity contribution is 0.483. The summed E-state index contributed by atoms with van der Waals surface area (Å²) in [5.74, 6) is 0. The molecule has 2 aromatic rings. The lowest BCUT2D eigenvalue weighted by Crippen LogP contribution is -1.96. The number of nitrogens with two attached hydrogens (primary N) is 1. The summed E-state index contributed by atoms with van der Waals surface area (Å²) >= 11 is 1.17. The molecule has 8 heteroatoms. The molecule has 0 radical (unpaired) electrons. The molecule has 0 atom stereocenters. The Bertz CT molecular complexity index is 593. The van der Waals surface area contributed by atoms with Gasteiger partial charge in [0.25, 0.3) is 10.1 Å². The number of nitrogen functional groups attached to an aromatic ring is 1. The number of hydrogen-bond acceptors (Lipinski definition) is 5. The van der Waals surface area contributed by atoms with Gasteiger partial charge in [-0.3, -0.25) is 4.55 Å². The van der Waals surface area contributed by atoms with Crippen LogP contribution in [0.3, 0.4) is 0 Å². The van der Waals surface area contributed by atoms with Crippen LogP contribution in [0, 0.1) is 0 Å². The molecule has 0 fully saturated rings. The van der Waals surface area contributed by atoms with E-state index in [-0.39, 0.29) is 17.3 Å².